The van der Waals surface area contributed by atoms with Gasteiger partial charge in [0.05, 0.1) is 11.3 Å². The first-order chi connectivity index (χ1) is 12.5. The Kier molecular flexibility index (Phi) is 4.03. The Hall–Kier alpha value is -2.67. The number of piperidine rings is 1. The van der Waals surface area contributed by atoms with Crippen molar-refractivity contribution in [3.8, 4) is 0 Å². The van der Waals surface area contributed by atoms with Gasteiger partial charge in [-0.2, -0.15) is 4.31 Å². The highest BCUT2D eigenvalue weighted by Crippen LogP contribution is 2.35. The zero-order chi connectivity index (χ0) is 18.3. The number of benzene rings is 2. The second kappa shape index (κ2) is 6.25. The molecule has 0 aliphatic carbocycles. The number of para-hydroxylation sites is 1. The summed E-state index contributed by atoms with van der Waals surface area (Å²) < 4.78 is 26.7. The number of carbonyl (C=O) groups is 2. The molecule has 4 rings (SSSR count). The van der Waals surface area contributed by atoms with E-state index in [1.807, 2.05) is 0 Å². The number of fused-ring (bicyclic) bond motifs is 1. The highest BCUT2D eigenvalue weighted by atomic mass is 32.2. The van der Waals surface area contributed by atoms with Gasteiger partial charge in [0.25, 0.3) is 21.8 Å². The Morgan fingerprint density at radius 1 is 0.923 bits per heavy atom. The first-order valence-electron chi connectivity index (χ1n) is 8.58. The number of likely N-dealkylation sites (tertiary alicyclic amines) is 1. The first-order valence-corrected chi connectivity index (χ1v) is 10.0. The molecule has 2 heterocycles. The zero-order valence-electron chi connectivity index (χ0n) is 14.1. The van der Waals surface area contributed by atoms with Gasteiger partial charge in [0.15, 0.2) is 0 Å². The zero-order valence-corrected chi connectivity index (χ0v) is 14.9. The standard InChI is InChI=1S/C19H18N2O4S/c22-18(20-11-5-2-6-12-20)14-9-10-16-17(13-14)26(24,25)21(19(16)23)15-7-3-1-4-8-15/h1,3-4,7-10,13H,2,5-6,11-12H2. The molecule has 0 atom stereocenters. The normalized spacial score (nSPS) is 18.7. The number of anilines is 1. The Balaban J connectivity index is 1.74. The van der Waals surface area contributed by atoms with Gasteiger partial charge < -0.3 is 4.90 Å². The van der Waals surface area contributed by atoms with Crippen LogP contribution in [0.4, 0.5) is 5.69 Å². The molecule has 1 fully saturated rings. The number of hydrogen-bond acceptors (Lipinski definition) is 4. The number of hydrogen-bond donors (Lipinski definition) is 0. The van der Waals surface area contributed by atoms with E-state index in [0.717, 1.165) is 23.6 Å². The number of nitrogens with zero attached hydrogens (tertiary/aromatic N) is 2. The van der Waals surface area contributed by atoms with E-state index >= 15 is 0 Å². The Morgan fingerprint density at radius 3 is 2.31 bits per heavy atom. The first kappa shape index (κ1) is 16.8. The summed E-state index contributed by atoms with van der Waals surface area (Å²) in [5.41, 5.74) is 0.693. The predicted molar refractivity (Wildman–Crippen MR) is 96.6 cm³/mol. The van der Waals surface area contributed by atoms with E-state index in [1.54, 1.807) is 35.2 Å². The Bertz CT molecular complexity index is 980. The summed E-state index contributed by atoms with van der Waals surface area (Å²) in [4.78, 5) is 27.0. The van der Waals surface area contributed by atoms with Crippen LogP contribution in [0, 0.1) is 0 Å². The van der Waals surface area contributed by atoms with Crippen LogP contribution in [-0.4, -0.2) is 38.2 Å². The summed E-state index contributed by atoms with van der Waals surface area (Å²) >= 11 is 0. The van der Waals surface area contributed by atoms with Crippen LogP contribution in [0.5, 0.6) is 0 Å². The van der Waals surface area contributed by atoms with Crippen molar-refractivity contribution >= 4 is 27.5 Å². The molecule has 2 aliphatic rings. The molecular weight excluding hydrogens is 352 g/mol. The maximum absolute atomic E-state index is 12.9. The number of carbonyl (C=O) groups excluding carboxylic acids is 2. The van der Waals surface area contributed by atoms with E-state index < -0.39 is 15.9 Å². The molecule has 26 heavy (non-hydrogen) atoms. The molecule has 0 N–H and O–H groups in total. The van der Waals surface area contributed by atoms with Gasteiger partial charge in [-0.3, -0.25) is 9.59 Å². The van der Waals surface area contributed by atoms with Crippen LogP contribution in [0.25, 0.3) is 0 Å². The molecule has 0 radical (unpaired) electrons. The highest BCUT2D eigenvalue weighted by molar-refractivity contribution is 7.94. The van der Waals surface area contributed by atoms with E-state index in [4.69, 9.17) is 0 Å². The van der Waals surface area contributed by atoms with Gasteiger partial charge >= 0.3 is 0 Å². The van der Waals surface area contributed by atoms with Crippen molar-refractivity contribution in [2.75, 3.05) is 17.4 Å². The molecular formula is C19H18N2O4S. The predicted octanol–water partition coefficient (Wildman–Crippen LogP) is 2.66. The highest BCUT2D eigenvalue weighted by Gasteiger charge is 2.42. The third kappa shape index (κ3) is 2.59. The smallest absolute Gasteiger partial charge is 0.273 e. The summed E-state index contributed by atoms with van der Waals surface area (Å²) in [6.07, 6.45) is 3.01. The molecule has 0 spiro atoms. The largest absolute Gasteiger partial charge is 0.339 e. The molecule has 0 unspecified atom stereocenters. The minimum Gasteiger partial charge on any atom is -0.339 e. The van der Waals surface area contributed by atoms with Crippen LogP contribution in [0.15, 0.2) is 53.4 Å². The third-order valence-electron chi connectivity index (χ3n) is 4.80. The summed E-state index contributed by atoms with van der Waals surface area (Å²) in [5.74, 6) is -0.781. The van der Waals surface area contributed by atoms with Gasteiger partial charge in [-0.1, -0.05) is 18.2 Å². The number of amides is 2. The maximum atomic E-state index is 12.9. The number of sulfonamides is 1. The lowest BCUT2D eigenvalue weighted by molar-refractivity contribution is 0.0723. The lowest BCUT2D eigenvalue weighted by Gasteiger charge is -2.26. The van der Waals surface area contributed by atoms with Crippen LogP contribution in [-0.2, 0) is 10.0 Å². The molecule has 7 heteroatoms. The summed E-state index contributed by atoms with van der Waals surface area (Å²) in [6.45, 7) is 1.36. The fourth-order valence-corrected chi connectivity index (χ4v) is 5.08. The lowest BCUT2D eigenvalue weighted by Crippen LogP contribution is -2.35. The van der Waals surface area contributed by atoms with Gasteiger partial charge in [-0.15, -0.1) is 0 Å². The molecule has 0 saturated carbocycles. The fourth-order valence-electron chi connectivity index (χ4n) is 3.46. The van der Waals surface area contributed by atoms with Crippen molar-refractivity contribution in [1.29, 1.82) is 0 Å². The average molecular weight is 370 g/mol. The van der Waals surface area contributed by atoms with Gasteiger partial charge in [-0.25, -0.2) is 8.42 Å². The molecule has 2 amide bonds. The molecule has 0 bridgehead atoms. The van der Waals surface area contributed by atoms with Crippen molar-refractivity contribution in [3.63, 3.8) is 0 Å². The summed E-state index contributed by atoms with van der Waals surface area (Å²) in [6, 6.07) is 12.6. The van der Waals surface area contributed by atoms with Crippen molar-refractivity contribution in [1.82, 2.24) is 4.90 Å². The van der Waals surface area contributed by atoms with Crippen LogP contribution >= 0.6 is 0 Å². The monoisotopic (exact) mass is 370 g/mol. The van der Waals surface area contributed by atoms with E-state index in [-0.39, 0.29) is 22.1 Å². The van der Waals surface area contributed by atoms with E-state index in [1.165, 1.54) is 18.2 Å². The van der Waals surface area contributed by atoms with Gasteiger partial charge in [0, 0.05) is 18.7 Å². The molecule has 2 aliphatic heterocycles. The topological polar surface area (TPSA) is 74.8 Å². The van der Waals surface area contributed by atoms with Gasteiger partial charge in [-0.05, 0) is 49.6 Å². The van der Waals surface area contributed by atoms with Crippen molar-refractivity contribution in [2.45, 2.75) is 24.2 Å². The molecule has 2 aromatic rings. The third-order valence-corrected chi connectivity index (χ3v) is 6.55. The minimum absolute atomic E-state index is 0.101. The van der Waals surface area contributed by atoms with Crippen LogP contribution in [0.2, 0.25) is 0 Å². The molecule has 2 aromatic carbocycles. The second-order valence-electron chi connectivity index (χ2n) is 6.47. The quantitative estimate of drug-likeness (QED) is 0.815. The molecule has 0 aromatic heterocycles. The van der Waals surface area contributed by atoms with Crippen LogP contribution in [0.3, 0.4) is 0 Å². The maximum Gasteiger partial charge on any atom is 0.273 e. The SMILES string of the molecule is O=C(c1ccc2c(c1)S(=O)(=O)N(c1ccccc1)C2=O)N1CCCCC1. The van der Waals surface area contributed by atoms with Gasteiger partial charge in [0.2, 0.25) is 0 Å². The van der Waals surface area contributed by atoms with Crippen molar-refractivity contribution in [2.24, 2.45) is 0 Å². The van der Waals surface area contributed by atoms with Crippen molar-refractivity contribution in [3.05, 3.63) is 59.7 Å². The summed E-state index contributed by atoms with van der Waals surface area (Å²) in [7, 11) is -4.02. The Labute approximate surface area is 152 Å². The van der Waals surface area contributed by atoms with Crippen molar-refractivity contribution < 1.29 is 18.0 Å². The van der Waals surface area contributed by atoms with E-state index in [0.29, 0.717) is 18.7 Å². The van der Waals surface area contributed by atoms with E-state index in [2.05, 4.69) is 0 Å². The molecule has 6 nitrogen and oxygen atoms in total. The van der Waals surface area contributed by atoms with E-state index in [9.17, 15) is 18.0 Å². The molecule has 1 saturated heterocycles. The van der Waals surface area contributed by atoms with Crippen LogP contribution in [0.1, 0.15) is 40.0 Å². The summed E-state index contributed by atoms with van der Waals surface area (Å²) in [5, 5.41) is 0. The minimum atomic E-state index is -4.02. The fraction of sp³-hybridized carbons (Fsp3) is 0.263. The Morgan fingerprint density at radius 2 is 1.62 bits per heavy atom. The van der Waals surface area contributed by atoms with Crippen LogP contribution < -0.4 is 4.31 Å². The van der Waals surface area contributed by atoms with Gasteiger partial charge in [0.1, 0.15) is 4.90 Å². The molecule has 134 valence electrons. The average Bonchev–Trinajstić information content (AvgIpc) is 2.88. The lowest BCUT2D eigenvalue weighted by atomic mass is 10.1. The number of rotatable bonds is 2. The second-order valence-corrected chi connectivity index (χ2v) is 8.23.